The quantitative estimate of drug-likeness (QED) is 0.190. The van der Waals surface area contributed by atoms with Crippen molar-refractivity contribution in [1.82, 2.24) is 24.4 Å². The van der Waals surface area contributed by atoms with Crippen molar-refractivity contribution >= 4 is 22.4 Å². The Hall–Kier alpha value is -5.02. The van der Waals surface area contributed by atoms with Crippen LogP contribution in [0.25, 0.3) is 39.4 Å². The fourth-order valence-corrected chi connectivity index (χ4v) is 5.45. The van der Waals surface area contributed by atoms with E-state index in [2.05, 4.69) is 23.6 Å². The Morgan fingerprint density at radius 1 is 0.976 bits per heavy atom. The molecule has 0 bridgehead atoms. The van der Waals surface area contributed by atoms with Crippen LogP contribution < -0.4 is 19.6 Å². The molecule has 0 saturated heterocycles. The van der Waals surface area contributed by atoms with Crippen molar-refractivity contribution in [2.24, 2.45) is 0 Å². The maximum Gasteiger partial charge on any atom is 0.291 e. The highest BCUT2D eigenvalue weighted by molar-refractivity contribution is 7.15. The molecule has 0 atom stereocenters. The molecule has 0 aliphatic carbocycles. The summed E-state index contributed by atoms with van der Waals surface area (Å²) < 4.78 is 15.1. The number of nitrogens with zero attached hydrogens (tertiary/aromatic N) is 5. The van der Waals surface area contributed by atoms with E-state index >= 15 is 0 Å². The van der Waals surface area contributed by atoms with Gasteiger partial charge in [-0.1, -0.05) is 49.1 Å². The van der Waals surface area contributed by atoms with Gasteiger partial charge < -0.3 is 9.47 Å². The van der Waals surface area contributed by atoms with Gasteiger partial charge in [0.1, 0.15) is 23.8 Å². The molecule has 0 spiro atoms. The molecule has 8 nitrogen and oxygen atoms in total. The molecule has 0 saturated carbocycles. The lowest BCUT2D eigenvalue weighted by Crippen LogP contribution is -2.23. The van der Waals surface area contributed by atoms with Gasteiger partial charge in [0.05, 0.1) is 16.8 Å². The summed E-state index contributed by atoms with van der Waals surface area (Å²) in [7, 11) is 0. The van der Waals surface area contributed by atoms with E-state index in [9.17, 15) is 4.79 Å². The lowest BCUT2D eigenvalue weighted by Gasteiger charge is -2.08. The second-order valence-electron chi connectivity index (χ2n) is 9.71. The van der Waals surface area contributed by atoms with Crippen LogP contribution in [0, 0.1) is 6.92 Å². The van der Waals surface area contributed by atoms with E-state index in [1.54, 1.807) is 6.08 Å². The topological polar surface area (TPSA) is 83.5 Å². The number of fused-ring (bicyclic) bond motifs is 1. The predicted molar refractivity (Wildman–Crippen MR) is 167 cm³/mol. The van der Waals surface area contributed by atoms with Crippen LogP contribution in [0.1, 0.15) is 24.5 Å². The van der Waals surface area contributed by atoms with Crippen LogP contribution in [-0.4, -0.2) is 37.6 Å². The first kappa shape index (κ1) is 27.2. The number of ether oxygens (including phenoxy) is 2. The Kier molecular flexibility index (Phi) is 7.66. The third-order valence-corrected chi connectivity index (χ3v) is 7.58. The van der Waals surface area contributed by atoms with Crippen LogP contribution in [0.2, 0.25) is 0 Å². The first-order valence-electron chi connectivity index (χ1n) is 13.7. The summed E-state index contributed by atoms with van der Waals surface area (Å²) in [6.45, 7) is 8.89. The molecule has 0 amide bonds. The summed E-state index contributed by atoms with van der Waals surface area (Å²) in [4.78, 5) is 18.6. The molecule has 3 heterocycles. The van der Waals surface area contributed by atoms with E-state index in [1.165, 1.54) is 15.9 Å². The van der Waals surface area contributed by atoms with Gasteiger partial charge in [0.25, 0.3) is 5.56 Å². The number of rotatable bonds is 10. The van der Waals surface area contributed by atoms with Crippen molar-refractivity contribution in [3.8, 4) is 39.8 Å². The van der Waals surface area contributed by atoms with Crippen LogP contribution in [0.15, 0.2) is 96.4 Å². The van der Waals surface area contributed by atoms with Crippen LogP contribution >= 0.6 is 11.3 Å². The third-order valence-electron chi connectivity index (χ3n) is 6.62. The molecule has 42 heavy (non-hydrogen) atoms. The third kappa shape index (κ3) is 5.46. The predicted octanol–water partition coefficient (Wildman–Crippen LogP) is 5.88. The minimum Gasteiger partial charge on any atom is -0.494 e. The molecule has 0 N–H and O–H groups in total. The standard InChI is InChI=1S/C33H29N5O3S/c1-4-17-40-27-14-11-23(12-15-27)31-34-33-38(36-31)32(39)29(42-33)20-25-21-37(26-9-7-6-8-10-26)35-30(25)24-13-16-28(22(3)19-24)41-18-5-2/h5-16,19-21H,2,4,17-18H2,1,3H3. The van der Waals surface area contributed by atoms with Gasteiger partial charge >= 0.3 is 0 Å². The molecule has 3 aromatic heterocycles. The van der Waals surface area contributed by atoms with E-state index in [-0.39, 0.29) is 5.56 Å². The molecule has 0 aliphatic heterocycles. The molecule has 9 heteroatoms. The fourth-order valence-electron chi connectivity index (χ4n) is 4.55. The zero-order valence-electron chi connectivity index (χ0n) is 23.4. The van der Waals surface area contributed by atoms with Gasteiger partial charge in [0, 0.05) is 22.9 Å². The van der Waals surface area contributed by atoms with Crippen LogP contribution in [0.4, 0.5) is 0 Å². The highest BCUT2D eigenvalue weighted by Gasteiger charge is 2.16. The Labute approximate surface area is 246 Å². The van der Waals surface area contributed by atoms with Crippen LogP contribution in [0.3, 0.4) is 0 Å². The molecule has 0 fully saturated rings. The Morgan fingerprint density at radius 2 is 1.76 bits per heavy atom. The van der Waals surface area contributed by atoms with Crippen LogP contribution in [-0.2, 0) is 0 Å². The van der Waals surface area contributed by atoms with Gasteiger partial charge in [-0.25, -0.2) is 4.68 Å². The zero-order valence-corrected chi connectivity index (χ0v) is 24.2. The van der Waals surface area contributed by atoms with Crippen molar-refractivity contribution in [2.45, 2.75) is 20.3 Å². The van der Waals surface area contributed by atoms with E-state index in [0.29, 0.717) is 28.5 Å². The Balaban J connectivity index is 1.39. The van der Waals surface area contributed by atoms with Crippen molar-refractivity contribution in [1.29, 1.82) is 0 Å². The van der Waals surface area contributed by atoms with E-state index in [4.69, 9.17) is 14.6 Å². The number of aryl methyl sites for hydroxylation is 1. The summed E-state index contributed by atoms with van der Waals surface area (Å²) in [5.74, 6) is 2.08. The molecule has 3 aromatic carbocycles. The van der Waals surface area contributed by atoms with Crippen molar-refractivity contribution < 1.29 is 9.47 Å². The van der Waals surface area contributed by atoms with Gasteiger partial charge in [0.2, 0.25) is 4.96 Å². The largest absolute Gasteiger partial charge is 0.494 e. The second-order valence-corrected chi connectivity index (χ2v) is 10.7. The maximum atomic E-state index is 13.4. The number of thiazole rings is 1. The number of aromatic nitrogens is 5. The van der Waals surface area contributed by atoms with Crippen LogP contribution in [0.5, 0.6) is 11.5 Å². The average Bonchev–Trinajstić information content (AvgIpc) is 3.71. The summed E-state index contributed by atoms with van der Waals surface area (Å²) in [6, 6.07) is 23.4. The van der Waals surface area contributed by atoms with E-state index < -0.39 is 0 Å². The number of hydrogen-bond donors (Lipinski definition) is 0. The first-order chi connectivity index (χ1) is 20.5. The zero-order chi connectivity index (χ0) is 29.1. The monoisotopic (exact) mass is 575 g/mol. The second kappa shape index (κ2) is 11.8. The average molecular weight is 576 g/mol. The Morgan fingerprint density at radius 3 is 2.48 bits per heavy atom. The Bertz CT molecular complexity index is 1970. The minimum absolute atomic E-state index is 0.223. The van der Waals surface area contributed by atoms with Gasteiger partial charge in [0.15, 0.2) is 5.82 Å². The summed E-state index contributed by atoms with van der Waals surface area (Å²) >= 11 is 1.30. The van der Waals surface area contributed by atoms with Crippen molar-refractivity contribution in [2.75, 3.05) is 13.2 Å². The summed E-state index contributed by atoms with van der Waals surface area (Å²) in [5.41, 5.74) is 4.97. The molecule has 0 radical (unpaired) electrons. The summed E-state index contributed by atoms with van der Waals surface area (Å²) in [6.07, 6.45) is 6.46. The van der Waals surface area contributed by atoms with Crippen molar-refractivity contribution in [3.63, 3.8) is 0 Å². The lowest BCUT2D eigenvalue weighted by atomic mass is 10.0. The first-order valence-corrected chi connectivity index (χ1v) is 14.5. The lowest BCUT2D eigenvalue weighted by molar-refractivity contribution is 0.317. The molecule has 210 valence electrons. The highest BCUT2D eigenvalue weighted by atomic mass is 32.1. The maximum absolute atomic E-state index is 13.4. The fraction of sp³-hybridized carbons (Fsp3) is 0.152. The molecule has 0 unspecified atom stereocenters. The SMILES string of the molecule is C=CCOc1ccc(-c2nn(-c3ccccc3)cc2C=c2sc3nc(-c4ccc(OCCC)cc4)nn3c2=O)cc1C. The van der Waals surface area contributed by atoms with E-state index in [0.717, 1.165) is 51.6 Å². The smallest absolute Gasteiger partial charge is 0.291 e. The molecule has 0 aliphatic rings. The number of para-hydroxylation sites is 1. The number of benzene rings is 3. The van der Waals surface area contributed by atoms with Gasteiger partial charge in [-0.15, -0.1) is 5.10 Å². The molecule has 6 rings (SSSR count). The van der Waals surface area contributed by atoms with Crippen molar-refractivity contribution in [3.05, 3.63) is 118 Å². The number of hydrogen-bond acceptors (Lipinski definition) is 7. The minimum atomic E-state index is -0.223. The van der Waals surface area contributed by atoms with Gasteiger partial charge in [-0.3, -0.25) is 4.79 Å². The van der Waals surface area contributed by atoms with E-state index in [1.807, 2.05) is 96.7 Å². The normalized spacial score (nSPS) is 11.7. The summed E-state index contributed by atoms with van der Waals surface area (Å²) in [5, 5.41) is 9.43. The highest BCUT2D eigenvalue weighted by Crippen LogP contribution is 2.29. The molecular weight excluding hydrogens is 546 g/mol. The molecular formula is C33H29N5O3S. The van der Waals surface area contributed by atoms with Gasteiger partial charge in [-0.2, -0.15) is 14.6 Å². The van der Waals surface area contributed by atoms with Gasteiger partial charge in [-0.05, 0) is 79.6 Å². The molecule has 6 aromatic rings.